The summed E-state index contributed by atoms with van der Waals surface area (Å²) in [7, 11) is 4.21. The van der Waals surface area contributed by atoms with Crippen molar-refractivity contribution in [2.24, 2.45) is 0 Å². The number of aromatic nitrogens is 1. The van der Waals surface area contributed by atoms with E-state index in [2.05, 4.69) is 53.5 Å². The Bertz CT molecular complexity index is 649. The first-order valence-corrected chi connectivity index (χ1v) is 9.89. The van der Waals surface area contributed by atoms with Crippen molar-refractivity contribution in [2.75, 3.05) is 40.3 Å². The molecule has 0 spiro atoms. The predicted octanol–water partition coefficient (Wildman–Crippen LogP) is 3.30. The molecular weight excluding hydrogens is 336 g/mol. The topological polar surface area (TPSA) is 31.4 Å². The van der Waals surface area contributed by atoms with Crippen molar-refractivity contribution in [2.45, 2.75) is 25.2 Å². The highest BCUT2D eigenvalue weighted by atomic mass is 32.1. The van der Waals surface area contributed by atoms with E-state index in [1.807, 2.05) is 11.3 Å². The van der Waals surface area contributed by atoms with E-state index in [-0.39, 0.29) is 0 Å². The van der Waals surface area contributed by atoms with Gasteiger partial charge >= 0.3 is 0 Å². The van der Waals surface area contributed by atoms with Crippen LogP contribution in [0, 0.1) is 0 Å². The number of piperidine rings is 1. The van der Waals surface area contributed by atoms with E-state index in [1.54, 1.807) is 0 Å². The lowest BCUT2D eigenvalue weighted by atomic mass is 9.99. The van der Waals surface area contributed by atoms with Gasteiger partial charge in [0.05, 0.1) is 15.2 Å². The maximum absolute atomic E-state index is 5.60. The van der Waals surface area contributed by atoms with Crippen LogP contribution in [0.4, 0.5) is 0 Å². The predicted molar refractivity (Wildman–Crippen MR) is 107 cm³/mol. The van der Waals surface area contributed by atoms with Crippen LogP contribution in [-0.4, -0.2) is 60.2 Å². The Morgan fingerprint density at radius 2 is 2.25 bits per heavy atom. The standard InChI is InChI=1S/C18H26N4S2/c1-21(2)11-6-10-19-18(23)22-12-5-7-14(13-22)17-20-15-8-3-4-9-16(15)24-17/h3-4,8-9,14H,5-7,10-13H2,1-2H3,(H,19,23)/t14-/m0/s1. The lowest BCUT2D eigenvalue weighted by Gasteiger charge is -2.33. The molecule has 130 valence electrons. The van der Waals surface area contributed by atoms with Crippen molar-refractivity contribution < 1.29 is 0 Å². The molecule has 1 saturated heterocycles. The van der Waals surface area contributed by atoms with Gasteiger partial charge in [-0.15, -0.1) is 11.3 Å². The maximum atomic E-state index is 5.60. The zero-order valence-corrected chi connectivity index (χ0v) is 16.1. The summed E-state index contributed by atoms with van der Waals surface area (Å²) in [5.74, 6) is 0.498. The van der Waals surface area contributed by atoms with Crippen LogP contribution in [0.15, 0.2) is 24.3 Å². The van der Waals surface area contributed by atoms with Crippen molar-refractivity contribution in [3.63, 3.8) is 0 Å². The molecule has 2 heterocycles. The monoisotopic (exact) mass is 362 g/mol. The summed E-state index contributed by atoms with van der Waals surface area (Å²) in [6.07, 6.45) is 3.50. The summed E-state index contributed by atoms with van der Waals surface area (Å²) < 4.78 is 1.29. The number of thiocarbonyl (C=S) groups is 1. The first-order chi connectivity index (χ1) is 11.6. The van der Waals surface area contributed by atoms with Gasteiger partial charge in [0.15, 0.2) is 5.11 Å². The number of hydrogen-bond acceptors (Lipinski definition) is 4. The number of fused-ring (bicyclic) bond motifs is 1. The minimum absolute atomic E-state index is 0.498. The highest BCUT2D eigenvalue weighted by Crippen LogP contribution is 2.32. The van der Waals surface area contributed by atoms with Gasteiger partial charge in [0.25, 0.3) is 0 Å². The molecule has 0 amide bonds. The van der Waals surface area contributed by atoms with E-state index in [0.29, 0.717) is 5.92 Å². The first-order valence-electron chi connectivity index (χ1n) is 8.66. The molecule has 2 aromatic rings. The van der Waals surface area contributed by atoms with Gasteiger partial charge in [0, 0.05) is 25.6 Å². The zero-order chi connectivity index (χ0) is 16.9. The Hall–Kier alpha value is -1.24. The zero-order valence-electron chi connectivity index (χ0n) is 14.5. The minimum Gasteiger partial charge on any atom is -0.363 e. The third-order valence-corrected chi connectivity index (χ3v) is 6.03. The first kappa shape index (κ1) is 17.6. The molecule has 1 fully saturated rings. The maximum Gasteiger partial charge on any atom is 0.168 e. The molecule has 1 aromatic carbocycles. The molecule has 0 radical (unpaired) electrons. The average Bonchev–Trinajstić information content (AvgIpc) is 3.02. The van der Waals surface area contributed by atoms with Gasteiger partial charge in [-0.1, -0.05) is 12.1 Å². The van der Waals surface area contributed by atoms with Crippen LogP contribution >= 0.6 is 23.6 Å². The van der Waals surface area contributed by atoms with Crippen LogP contribution in [0.25, 0.3) is 10.2 Å². The molecular formula is C18H26N4S2. The Balaban J connectivity index is 1.56. The van der Waals surface area contributed by atoms with Gasteiger partial charge in [-0.05, 0) is 64.3 Å². The van der Waals surface area contributed by atoms with Gasteiger partial charge in [-0.2, -0.15) is 0 Å². The second-order valence-electron chi connectivity index (χ2n) is 6.69. The molecule has 0 unspecified atom stereocenters. The average molecular weight is 363 g/mol. The summed E-state index contributed by atoms with van der Waals surface area (Å²) in [6.45, 7) is 4.07. The summed E-state index contributed by atoms with van der Waals surface area (Å²) in [5, 5.41) is 5.58. The molecule has 1 aliphatic heterocycles. The number of hydrogen-bond donors (Lipinski definition) is 1. The smallest absolute Gasteiger partial charge is 0.168 e. The second kappa shape index (κ2) is 8.23. The number of rotatable bonds is 5. The molecule has 1 aliphatic rings. The summed E-state index contributed by atoms with van der Waals surface area (Å²) in [4.78, 5) is 9.38. The summed E-state index contributed by atoms with van der Waals surface area (Å²) in [5.41, 5.74) is 1.12. The van der Waals surface area contributed by atoms with Crippen LogP contribution in [-0.2, 0) is 0 Å². The second-order valence-corrected chi connectivity index (χ2v) is 8.14. The molecule has 24 heavy (non-hydrogen) atoms. The third-order valence-electron chi connectivity index (χ3n) is 4.43. The number of thiazole rings is 1. The molecule has 0 bridgehead atoms. The Morgan fingerprint density at radius 1 is 1.42 bits per heavy atom. The fourth-order valence-electron chi connectivity index (χ4n) is 3.13. The molecule has 1 N–H and O–H groups in total. The summed E-state index contributed by atoms with van der Waals surface area (Å²) in [6, 6.07) is 8.41. The lowest BCUT2D eigenvalue weighted by molar-refractivity contribution is 0.304. The third kappa shape index (κ3) is 4.43. The van der Waals surface area contributed by atoms with Crippen molar-refractivity contribution in [1.82, 2.24) is 20.1 Å². The quantitative estimate of drug-likeness (QED) is 0.651. The van der Waals surface area contributed by atoms with Crippen molar-refractivity contribution in [3.05, 3.63) is 29.3 Å². The molecule has 1 aromatic heterocycles. The van der Waals surface area contributed by atoms with Crippen molar-refractivity contribution >= 4 is 38.9 Å². The van der Waals surface area contributed by atoms with E-state index in [1.165, 1.54) is 22.5 Å². The van der Waals surface area contributed by atoms with Gasteiger partial charge in [-0.3, -0.25) is 0 Å². The van der Waals surface area contributed by atoms with Crippen molar-refractivity contribution in [3.8, 4) is 0 Å². The van der Waals surface area contributed by atoms with E-state index in [4.69, 9.17) is 17.2 Å². The van der Waals surface area contributed by atoms with Crippen LogP contribution in [0.5, 0.6) is 0 Å². The molecule has 4 nitrogen and oxygen atoms in total. The molecule has 0 aliphatic carbocycles. The molecule has 0 saturated carbocycles. The molecule has 1 atom stereocenters. The number of nitrogens with one attached hydrogen (secondary N) is 1. The van der Waals surface area contributed by atoms with Gasteiger partial charge in [0.2, 0.25) is 0 Å². The Kier molecular flexibility index (Phi) is 6.03. The number of para-hydroxylation sites is 1. The lowest BCUT2D eigenvalue weighted by Crippen LogP contribution is -2.45. The highest BCUT2D eigenvalue weighted by molar-refractivity contribution is 7.80. The summed E-state index contributed by atoms with van der Waals surface area (Å²) >= 11 is 7.44. The number of benzene rings is 1. The van der Waals surface area contributed by atoms with Crippen LogP contribution in [0.1, 0.15) is 30.2 Å². The van der Waals surface area contributed by atoms with Gasteiger partial charge < -0.3 is 15.1 Å². The van der Waals surface area contributed by atoms with Crippen LogP contribution in [0.3, 0.4) is 0 Å². The van der Waals surface area contributed by atoms with E-state index in [9.17, 15) is 0 Å². The fraction of sp³-hybridized carbons (Fsp3) is 0.556. The highest BCUT2D eigenvalue weighted by Gasteiger charge is 2.25. The van der Waals surface area contributed by atoms with Crippen LogP contribution < -0.4 is 5.32 Å². The van der Waals surface area contributed by atoms with Crippen molar-refractivity contribution in [1.29, 1.82) is 0 Å². The fourth-order valence-corrected chi connectivity index (χ4v) is 4.49. The molecule has 3 rings (SSSR count). The van der Waals surface area contributed by atoms with Crippen LogP contribution in [0.2, 0.25) is 0 Å². The normalized spacial score (nSPS) is 18.3. The Morgan fingerprint density at radius 3 is 3.04 bits per heavy atom. The largest absolute Gasteiger partial charge is 0.363 e. The minimum atomic E-state index is 0.498. The number of nitrogens with zero attached hydrogens (tertiary/aromatic N) is 3. The Labute approximate surface area is 153 Å². The SMILES string of the molecule is CN(C)CCCNC(=S)N1CCC[C@H](c2nc3ccccc3s2)C1. The van der Waals surface area contributed by atoms with Gasteiger partial charge in [-0.25, -0.2) is 4.98 Å². The van der Waals surface area contributed by atoms with Gasteiger partial charge in [0.1, 0.15) is 0 Å². The van der Waals surface area contributed by atoms with E-state index in [0.717, 1.165) is 43.2 Å². The van der Waals surface area contributed by atoms with E-state index < -0.39 is 0 Å². The van der Waals surface area contributed by atoms with E-state index >= 15 is 0 Å². The number of likely N-dealkylation sites (tertiary alicyclic amines) is 1. The molecule has 6 heteroatoms.